The Hall–Kier alpha value is -1.11. The van der Waals surface area contributed by atoms with Crippen LogP contribution in [0, 0.1) is 0 Å². The fourth-order valence-electron chi connectivity index (χ4n) is 1.24. The minimum atomic E-state index is -1.15. The van der Waals surface area contributed by atoms with Crippen LogP contribution >= 0.6 is 27.3 Å². The van der Waals surface area contributed by atoms with Gasteiger partial charge in [0, 0.05) is 4.47 Å². The van der Waals surface area contributed by atoms with E-state index in [1.165, 1.54) is 23.5 Å². The van der Waals surface area contributed by atoms with Gasteiger partial charge in [0.15, 0.2) is 0 Å². The van der Waals surface area contributed by atoms with Crippen LogP contribution in [0.3, 0.4) is 0 Å². The molecule has 0 spiro atoms. The second-order valence-corrected chi connectivity index (χ2v) is 4.84. The van der Waals surface area contributed by atoms with Gasteiger partial charge in [0.1, 0.15) is 11.9 Å². The van der Waals surface area contributed by atoms with E-state index in [1.807, 2.05) is 11.4 Å². The maximum Gasteiger partial charge on any atom is 0.371 e. The largest absolute Gasteiger partial charge is 0.475 e. The summed E-state index contributed by atoms with van der Waals surface area (Å²) in [6.45, 7) is 0. The molecule has 0 aromatic carbocycles. The highest BCUT2D eigenvalue weighted by atomic mass is 79.9. The first-order valence-electron chi connectivity index (χ1n) is 4.33. The van der Waals surface area contributed by atoms with E-state index >= 15 is 0 Å². The van der Waals surface area contributed by atoms with Crippen LogP contribution in [-0.4, -0.2) is 16.2 Å². The van der Waals surface area contributed by atoms with E-state index in [0.717, 1.165) is 4.47 Å². The Morgan fingerprint density at radius 3 is 2.69 bits per heavy atom. The topological polar surface area (TPSA) is 70.7 Å². The number of aliphatic hydroxyl groups is 1. The summed E-state index contributed by atoms with van der Waals surface area (Å²) in [5.74, 6) is -1.11. The van der Waals surface area contributed by atoms with Gasteiger partial charge < -0.3 is 14.6 Å². The number of aromatic carboxylic acids is 1. The Kier molecular flexibility index (Phi) is 3.13. The molecule has 1 unspecified atom stereocenters. The predicted molar refractivity (Wildman–Crippen MR) is 61.7 cm³/mol. The molecule has 0 aliphatic heterocycles. The van der Waals surface area contributed by atoms with Crippen molar-refractivity contribution in [2.24, 2.45) is 0 Å². The lowest BCUT2D eigenvalue weighted by Gasteiger charge is -2.05. The van der Waals surface area contributed by atoms with E-state index in [0.29, 0.717) is 4.88 Å². The van der Waals surface area contributed by atoms with Gasteiger partial charge in [-0.05, 0) is 39.5 Å². The first-order chi connectivity index (χ1) is 7.59. The molecule has 2 aromatic rings. The molecule has 0 saturated heterocycles. The quantitative estimate of drug-likeness (QED) is 0.914. The summed E-state index contributed by atoms with van der Waals surface area (Å²) in [4.78, 5) is 11.3. The normalized spacial score (nSPS) is 12.6. The first kappa shape index (κ1) is 11.4. The van der Waals surface area contributed by atoms with Gasteiger partial charge >= 0.3 is 5.97 Å². The molecule has 2 aromatic heterocycles. The third-order valence-electron chi connectivity index (χ3n) is 2.00. The zero-order valence-electron chi connectivity index (χ0n) is 7.88. The third-order valence-corrected chi connectivity index (χ3v) is 3.92. The van der Waals surface area contributed by atoms with Crippen molar-refractivity contribution in [3.8, 4) is 0 Å². The predicted octanol–water partition coefficient (Wildman–Crippen LogP) is 2.88. The van der Waals surface area contributed by atoms with Gasteiger partial charge in [0.2, 0.25) is 5.76 Å². The minimum Gasteiger partial charge on any atom is -0.475 e. The van der Waals surface area contributed by atoms with Gasteiger partial charge in [-0.1, -0.05) is 0 Å². The van der Waals surface area contributed by atoms with E-state index < -0.39 is 12.1 Å². The SMILES string of the molecule is O=C(O)c1ccc(C(O)c2sccc2Br)o1. The van der Waals surface area contributed by atoms with E-state index in [4.69, 9.17) is 9.52 Å². The molecule has 2 N–H and O–H groups in total. The maximum atomic E-state index is 10.6. The lowest BCUT2D eigenvalue weighted by atomic mass is 10.2. The second-order valence-electron chi connectivity index (χ2n) is 3.04. The number of hydrogen-bond donors (Lipinski definition) is 2. The van der Waals surface area contributed by atoms with Crippen molar-refractivity contribution in [3.05, 3.63) is 44.4 Å². The Morgan fingerprint density at radius 2 is 2.19 bits per heavy atom. The zero-order valence-corrected chi connectivity index (χ0v) is 10.3. The molecule has 2 heterocycles. The molecular formula is C10H7BrO4S. The van der Waals surface area contributed by atoms with E-state index in [-0.39, 0.29) is 11.5 Å². The Morgan fingerprint density at radius 1 is 1.44 bits per heavy atom. The number of carboxylic acids is 1. The van der Waals surface area contributed by atoms with Crippen LogP contribution in [-0.2, 0) is 0 Å². The molecule has 0 fully saturated rings. The van der Waals surface area contributed by atoms with E-state index in [2.05, 4.69) is 15.9 Å². The van der Waals surface area contributed by atoms with Crippen LogP contribution < -0.4 is 0 Å². The highest BCUT2D eigenvalue weighted by molar-refractivity contribution is 9.10. The van der Waals surface area contributed by atoms with Gasteiger partial charge in [-0.15, -0.1) is 11.3 Å². The number of aliphatic hydroxyl groups excluding tert-OH is 1. The van der Waals surface area contributed by atoms with Crippen molar-refractivity contribution in [1.29, 1.82) is 0 Å². The lowest BCUT2D eigenvalue weighted by molar-refractivity contribution is 0.0655. The summed E-state index contributed by atoms with van der Waals surface area (Å²) in [5, 5.41) is 20.5. The summed E-state index contributed by atoms with van der Waals surface area (Å²) in [6, 6.07) is 4.59. The van der Waals surface area contributed by atoms with Gasteiger partial charge in [-0.3, -0.25) is 0 Å². The molecule has 0 bridgehead atoms. The highest BCUT2D eigenvalue weighted by Gasteiger charge is 2.20. The Labute approximate surface area is 103 Å². The molecule has 0 aliphatic carbocycles. The van der Waals surface area contributed by atoms with Crippen molar-refractivity contribution < 1.29 is 19.4 Å². The number of carbonyl (C=O) groups is 1. The number of carboxylic acid groups (broad SMARTS) is 1. The molecule has 4 nitrogen and oxygen atoms in total. The molecule has 84 valence electrons. The van der Waals surface area contributed by atoms with Crippen LogP contribution in [0.15, 0.2) is 32.5 Å². The summed E-state index contributed by atoms with van der Waals surface area (Å²) in [5.41, 5.74) is 0. The van der Waals surface area contributed by atoms with E-state index in [1.54, 1.807) is 0 Å². The monoisotopic (exact) mass is 302 g/mol. The second kappa shape index (κ2) is 4.40. The average Bonchev–Trinajstić information content (AvgIpc) is 2.84. The molecule has 0 aliphatic rings. The number of thiophene rings is 1. The van der Waals surface area contributed by atoms with Crippen molar-refractivity contribution in [3.63, 3.8) is 0 Å². The van der Waals surface area contributed by atoms with E-state index in [9.17, 15) is 9.90 Å². The lowest BCUT2D eigenvalue weighted by Crippen LogP contribution is -1.96. The molecule has 6 heteroatoms. The van der Waals surface area contributed by atoms with Gasteiger partial charge in [0.05, 0.1) is 4.88 Å². The summed E-state index contributed by atoms with van der Waals surface area (Å²) in [7, 11) is 0. The van der Waals surface area contributed by atoms with Gasteiger partial charge in [-0.2, -0.15) is 0 Å². The molecule has 0 saturated carbocycles. The summed E-state index contributed by atoms with van der Waals surface area (Å²) >= 11 is 4.66. The number of hydrogen-bond acceptors (Lipinski definition) is 4. The standard InChI is InChI=1S/C10H7BrO4S/c11-5-3-4-16-9(5)8(12)6-1-2-7(15-6)10(13)14/h1-4,8,12H,(H,13,14). The zero-order chi connectivity index (χ0) is 11.7. The smallest absolute Gasteiger partial charge is 0.371 e. The first-order valence-corrected chi connectivity index (χ1v) is 6.01. The summed E-state index contributed by atoms with van der Waals surface area (Å²) < 4.78 is 5.80. The molecule has 0 radical (unpaired) electrons. The van der Waals surface area contributed by atoms with Crippen LogP contribution in [0.4, 0.5) is 0 Å². The molecule has 1 atom stereocenters. The Balaban J connectivity index is 2.31. The minimum absolute atomic E-state index is 0.179. The summed E-state index contributed by atoms with van der Waals surface area (Å²) in [6.07, 6.45) is -0.942. The number of halogens is 1. The van der Waals surface area contributed by atoms with Gasteiger partial charge in [-0.25, -0.2) is 4.79 Å². The fourth-order valence-corrected chi connectivity index (χ4v) is 2.83. The van der Waals surface area contributed by atoms with Crippen molar-refractivity contribution in [2.45, 2.75) is 6.10 Å². The van der Waals surface area contributed by atoms with Crippen molar-refractivity contribution >= 4 is 33.2 Å². The fraction of sp³-hybridized carbons (Fsp3) is 0.100. The number of furan rings is 1. The molecular weight excluding hydrogens is 296 g/mol. The van der Waals surface area contributed by atoms with Crippen LogP contribution in [0.2, 0.25) is 0 Å². The van der Waals surface area contributed by atoms with Gasteiger partial charge in [0.25, 0.3) is 0 Å². The highest BCUT2D eigenvalue weighted by Crippen LogP contribution is 2.33. The van der Waals surface area contributed by atoms with Crippen molar-refractivity contribution in [1.82, 2.24) is 0 Å². The van der Waals surface area contributed by atoms with Crippen LogP contribution in [0.25, 0.3) is 0 Å². The average molecular weight is 303 g/mol. The molecule has 0 amide bonds. The van der Waals surface area contributed by atoms with Crippen LogP contribution in [0.5, 0.6) is 0 Å². The third kappa shape index (κ3) is 2.04. The Bertz CT molecular complexity index is 516. The molecule has 2 rings (SSSR count). The number of rotatable bonds is 3. The maximum absolute atomic E-state index is 10.6. The molecule has 16 heavy (non-hydrogen) atoms. The van der Waals surface area contributed by atoms with Crippen LogP contribution in [0.1, 0.15) is 27.3 Å². The van der Waals surface area contributed by atoms with Crippen molar-refractivity contribution in [2.75, 3.05) is 0 Å².